The number of hydrogen-bond donors (Lipinski definition) is 2. The van der Waals surface area contributed by atoms with Crippen LogP contribution in [-0.2, 0) is 0 Å². The lowest BCUT2D eigenvalue weighted by atomic mass is 10.0. The van der Waals surface area contributed by atoms with Gasteiger partial charge in [0.1, 0.15) is 5.69 Å². The smallest absolute Gasteiger partial charge is 0.269 e. The average Bonchev–Trinajstić information content (AvgIpc) is 3.24. The van der Waals surface area contributed by atoms with Crippen molar-refractivity contribution in [2.24, 2.45) is 5.92 Å². The predicted molar refractivity (Wildman–Crippen MR) is 93.4 cm³/mol. The van der Waals surface area contributed by atoms with Gasteiger partial charge in [0, 0.05) is 10.4 Å². The summed E-state index contributed by atoms with van der Waals surface area (Å²) in [6.45, 7) is 4.21. The van der Waals surface area contributed by atoms with E-state index in [2.05, 4.69) is 35.4 Å². The molecule has 0 aliphatic rings. The Kier molecular flexibility index (Phi) is 4.57. The van der Waals surface area contributed by atoms with Crippen LogP contribution in [0.4, 0.5) is 0 Å². The number of aromatic amines is 1. The first-order valence-corrected chi connectivity index (χ1v) is 8.48. The van der Waals surface area contributed by atoms with E-state index in [-0.39, 0.29) is 11.9 Å². The quantitative estimate of drug-likeness (QED) is 0.736. The van der Waals surface area contributed by atoms with Crippen molar-refractivity contribution in [1.82, 2.24) is 15.5 Å². The van der Waals surface area contributed by atoms with Crippen molar-refractivity contribution < 1.29 is 4.79 Å². The Morgan fingerprint density at radius 1 is 1.17 bits per heavy atom. The third kappa shape index (κ3) is 3.51. The zero-order valence-corrected chi connectivity index (χ0v) is 13.9. The Bertz CT molecular complexity index is 763. The summed E-state index contributed by atoms with van der Waals surface area (Å²) in [5, 5.41) is 12.2. The van der Waals surface area contributed by atoms with Crippen molar-refractivity contribution in [3.05, 3.63) is 64.5 Å². The summed E-state index contributed by atoms with van der Waals surface area (Å²) in [5.41, 5.74) is 2.24. The zero-order valence-electron chi connectivity index (χ0n) is 13.1. The first kappa shape index (κ1) is 15.5. The Balaban J connectivity index is 1.77. The van der Waals surface area contributed by atoms with Crippen molar-refractivity contribution in [3.63, 3.8) is 0 Å². The van der Waals surface area contributed by atoms with Crippen LogP contribution in [0.15, 0.2) is 53.9 Å². The van der Waals surface area contributed by atoms with Gasteiger partial charge in [0.2, 0.25) is 0 Å². The molecule has 0 unspecified atom stereocenters. The first-order valence-electron chi connectivity index (χ1n) is 7.60. The maximum absolute atomic E-state index is 12.5. The summed E-state index contributed by atoms with van der Waals surface area (Å²) in [6.07, 6.45) is 0. The van der Waals surface area contributed by atoms with Gasteiger partial charge in [-0.3, -0.25) is 9.89 Å². The molecule has 0 spiro atoms. The second-order valence-corrected chi connectivity index (χ2v) is 6.72. The Hall–Kier alpha value is -2.40. The predicted octanol–water partition coefficient (Wildman–Crippen LogP) is 4.27. The van der Waals surface area contributed by atoms with E-state index in [0.29, 0.717) is 11.6 Å². The van der Waals surface area contributed by atoms with E-state index in [4.69, 9.17) is 0 Å². The molecule has 1 amide bonds. The highest BCUT2D eigenvalue weighted by Crippen LogP contribution is 2.26. The summed E-state index contributed by atoms with van der Waals surface area (Å²) >= 11 is 1.66. The van der Waals surface area contributed by atoms with E-state index >= 15 is 0 Å². The molecule has 0 saturated heterocycles. The molecule has 2 heterocycles. The van der Waals surface area contributed by atoms with Crippen molar-refractivity contribution in [2.45, 2.75) is 19.9 Å². The number of benzene rings is 1. The number of nitrogens with zero attached hydrogens (tertiary/aromatic N) is 1. The minimum absolute atomic E-state index is 0.00553. The SMILES string of the molecule is CC(C)[C@@H](NC(=O)c1cc(-c2ccccc2)n[nH]1)c1cccs1. The molecule has 0 saturated carbocycles. The molecular formula is C18H19N3OS. The topological polar surface area (TPSA) is 57.8 Å². The minimum atomic E-state index is -0.133. The van der Waals surface area contributed by atoms with E-state index in [1.165, 1.54) is 0 Å². The largest absolute Gasteiger partial charge is 0.343 e. The maximum atomic E-state index is 12.5. The van der Waals surface area contributed by atoms with Crippen molar-refractivity contribution in [2.75, 3.05) is 0 Å². The second-order valence-electron chi connectivity index (χ2n) is 5.74. The van der Waals surface area contributed by atoms with Crippen LogP contribution in [0.2, 0.25) is 0 Å². The highest BCUT2D eigenvalue weighted by molar-refractivity contribution is 7.10. The van der Waals surface area contributed by atoms with E-state index in [1.54, 1.807) is 17.4 Å². The van der Waals surface area contributed by atoms with E-state index in [1.807, 2.05) is 41.8 Å². The monoisotopic (exact) mass is 325 g/mol. The van der Waals surface area contributed by atoms with Crippen molar-refractivity contribution in [3.8, 4) is 11.3 Å². The number of carbonyl (C=O) groups excluding carboxylic acids is 1. The van der Waals surface area contributed by atoms with Gasteiger partial charge in [0.05, 0.1) is 11.7 Å². The molecule has 5 heteroatoms. The Morgan fingerprint density at radius 2 is 1.96 bits per heavy atom. The highest BCUT2D eigenvalue weighted by atomic mass is 32.1. The van der Waals surface area contributed by atoms with Crippen LogP contribution >= 0.6 is 11.3 Å². The fourth-order valence-corrected chi connectivity index (χ4v) is 3.40. The molecule has 0 fully saturated rings. The van der Waals surface area contributed by atoms with Crippen molar-refractivity contribution in [1.29, 1.82) is 0 Å². The molecule has 1 atom stereocenters. The van der Waals surface area contributed by atoms with Crippen LogP contribution < -0.4 is 5.32 Å². The fourth-order valence-electron chi connectivity index (χ4n) is 2.45. The standard InChI is InChI=1S/C18H19N3OS/c1-12(2)17(16-9-6-10-23-16)19-18(22)15-11-14(20-21-15)13-7-4-3-5-8-13/h3-12,17H,1-2H3,(H,19,22)(H,20,21)/t17-/m1/s1. The molecule has 0 radical (unpaired) electrons. The number of nitrogens with one attached hydrogen (secondary N) is 2. The van der Waals surface area contributed by atoms with Gasteiger partial charge in [0.25, 0.3) is 5.91 Å². The third-order valence-electron chi connectivity index (χ3n) is 3.70. The van der Waals surface area contributed by atoms with E-state index in [0.717, 1.165) is 16.1 Å². The maximum Gasteiger partial charge on any atom is 0.269 e. The Morgan fingerprint density at radius 3 is 2.61 bits per heavy atom. The molecule has 4 nitrogen and oxygen atoms in total. The zero-order chi connectivity index (χ0) is 16.2. The summed E-state index contributed by atoms with van der Waals surface area (Å²) in [6, 6.07) is 15.7. The van der Waals surface area contributed by atoms with Crippen LogP contribution in [-0.4, -0.2) is 16.1 Å². The average molecular weight is 325 g/mol. The second kappa shape index (κ2) is 6.79. The number of hydrogen-bond acceptors (Lipinski definition) is 3. The molecule has 118 valence electrons. The molecule has 0 bridgehead atoms. The van der Waals surface area contributed by atoms with Gasteiger partial charge in [-0.15, -0.1) is 11.3 Å². The number of H-pyrrole nitrogens is 1. The molecule has 23 heavy (non-hydrogen) atoms. The summed E-state index contributed by atoms with van der Waals surface area (Å²) in [4.78, 5) is 13.7. The lowest BCUT2D eigenvalue weighted by Gasteiger charge is -2.20. The lowest BCUT2D eigenvalue weighted by Crippen LogP contribution is -2.31. The van der Waals surface area contributed by atoms with Crippen LogP contribution in [0.3, 0.4) is 0 Å². The van der Waals surface area contributed by atoms with E-state index in [9.17, 15) is 4.79 Å². The molecule has 3 aromatic rings. The lowest BCUT2D eigenvalue weighted by molar-refractivity contribution is 0.0921. The van der Waals surface area contributed by atoms with Crippen LogP contribution in [0.1, 0.15) is 35.3 Å². The number of amides is 1. The fraction of sp³-hybridized carbons (Fsp3) is 0.222. The van der Waals surface area contributed by atoms with Gasteiger partial charge >= 0.3 is 0 Å². The van der Waals surface area contributed by atoms with Crippen LogP contribution in [0.5, 0.6) is 0 Å². The van der Waals surface area contributed by atoms with Crippen molar-refractivity contribution >= 4 is 17.2 Å². The molecule has 1 aromatic carbocycles. The summed E-state index contributed by atoms with van der Waals surface area (Å²) in [5.74, 6) is 0.181. The van der Waals surface area contributed by atoms with Gasteiger partial charge in [-0.2, -0.15) is 5.10 Å². The van der Waals surface area contributed by atoms with Gasteiger partial charge in [-0.1, -0.05) is 50.2 Å². The summed E-state index contributed by atoms with van der Waals surface area (Å²) in [7, 11) is 0. The van der Waals surface area contributed by atoms with E-state index < -0.39 is 0 Å². The summed E-state index contributed by atoms with van der Waals surface area (Å²) < 4.78 is 0. The third-order valence-corrected chi connectivity index (χ3v) is 4.65. The molecule has 2 N–H and O–H groups in total. The van der Waals surface area contributed by atoms with Gasteiger partial charge in [-0.05, 0) is 23.4 Å². The number of aromatic nitrogens is 2. The number of thiophene rings is 1. The van der Waals surface area contributed by atoms with Gasteiger partial charge in [-0.25, -0.2) is 0 Å². The molecule has 3 rings (SSSR count). The molecule has 0 aliphatic carbocycles. The molecule has 0 aliphatic heterocycles. The first-order chi connectivity index (χ1) is 11.1. The number of carbonyl (C=O) groups is 1. The normalized spacial score (nSPS) is 12.3. The molecule has 2 aromatic heterocycles. The highest BCUT2D eigenvalue weighted by Gasteiger charge is 2.21. The van der Waals surface area contributed by atoms with Crippen LogP contribution in [0.25, 0.3) is 11.3 Å². The number of rotatable bonds is 5. The van der Waals surface area contributed by atoms with Gasteiger partial charge < -0.3 is 5.32 Å². The Labute approximate surface area is 139 Å². The molecular weight excluding hydrogens is 306 g/mol. The van der Waals surface area contributed by atoms with Gasteiger partial charge in [0.15, 0.2) is 0 Å². The van der Waals surface area contributed by atoms with Crippen LogP contribution in [0, 0.1) is 5.92 Å². The minimum Gasteiger partial charge on any atom is -0.343 e.